The van der Waals surface area contributed by atoms with E-state index in [-0.39, 0.29) is 19.4 Å². The molecular weight excluding hydrogens is 731 g/mol. The third-order valence-electron chi connectivity index (χ3n) is 9.52. The Hall–Kier alpha value is -1.81. The summed E-state index contributed by atoms with van der Waals surface area (Å²) in [5.74, 6) is -0.938. The molecule has 56 heavy (non-hydrogen) atoms. The van der Waals surface area contributed by atoms with Crippen LogP contribution in [0.5, 0.6) is 0 Å². The maximum absolute atomic E-state index is 12.6. The van der Waals surface area contributed by atoms with Crippen molar-refractivity contribution in [3.05, 3.63) is 36.5 Å². The molecule has 0 spiro atoms. The highest BCUT2D eigenvalue weighted by Crippen LogP contribution is 2.43. The van der Waals surface area contributed by atoms with Gasteiger partial charge >= 0.3 is 19.8 Å². The molecule has 0 aliphatic rings. The fraction of sp³-hybridized carbons (Fsp3) is 0.822. The molecule has 0 aromatic rings. The molecule has 0 radical (unpaired) electrons. The van der Waals surface area contributed by atoms with Crippen LogP contribution in [0.1, 0.15) is 200 Å². The molecule has 11 heteroatoms. The number of hydrogen-bond donors (Lipinski definition) is 3. The van der Waals surface area contributed by atoms with Crippen LogP contribution in [0.4, 0.5) is 0 Å². The number of phosphoric ester groups is 1. The van der Waals surface area contributed by atoms with Crippen LogP contribution in [-0.4, -0.2) is 65.7 Å². The van der Waals surface area contributed by atoms with Gasteiger partial charge in [-0.25, -0.2) is 4.57 Å². The summed E-state index contributed by atoms with van der Waals surface area (Å²) in [7, 11) is -4.62. The Morgan fingerprint density at radius 3 is 1.43 bits per heavy atom. The van der Waals surface area contributed by atoms with Gasteiger partial charge in [0.05, 0.1) is 19.8 Å². The predicted octanol–water partition coefficient (Wildman–Crippen LogP) is 11.9. The molecule has 3 atom stereocenters. The second kappa shape index (κ2) is 41.4. The van der Waals surface area contributed by atoms with E-state index in [1.54, 1.807) is 0 Å². The lowest BCUT2D eigenvalue weighted by Crippen LogP contribution is -2.29. The number of allylic oxidation sites excluding steroid dienone is 6. The number of aliphatic hydroxyl groups is 2. The SMILES string of the molecule is CCCCC/C=C\CCCCCCCC(=O)OCC(COP(=O)(O)OCC(O)CO)OC(=O)CCCCCCCCCCC/C=C\C/C=C\CCCCCCC. The molecule has 0 amide bonds. The maximum atomic E-state index is 12.6. The zero-order valence-electron chi connectivity index (χ0n) is 35.6. The van der Waals surface area contributed by atoms with Gasteiger partial charge in [0.15, 0.2) is 6.10 Å². The number of esters is 2. The Morgan fingerprint density at radius 1 is 0.536 bits per heavy atom. The van der Waals surface area contributed by atoms with Crippen LogP contribution in [0.15, 0.2) is 36.5 Å². The van der Waals surface area contributed by atoms with Crippen LogP contribution in [0.25, 0.3) is 0 Å². The number of carbonyl (C=O) groups excluding carboxylic acids is 2. The van der Waals surface area contributed by atoms with Crippen LogP contribution in [0, 0.1) is 0 Å². The van der Waals surface area contributed by atoms with Crippen molar-refractivity contribution >= 4 is 19.8 Å². The van der Waals surface area contributed by atoms with Crippen molar-refractivity contribution in [3.63, 3.8) is 0 Å². The number of carbonyl (C=O) groups is 2. The first-order valence-electron chi connectivity index (χ1n) is 22.4. The first kappa shape index (κ1) is 54.2. The number of phosphoric acid groups is 1. The van der Waals surface area contributed by atoms with Crippen LogP contribution >= 0.6 is 7.82 Å². The van der Waals surface area contributed by atoms with E-state index in [1.165, 1.54) is 89.9 Å². The molecule has 0 aromatic heterocycles. The highest BCUT2D eigenvalue weighted by Gasteiger charge is 2.27. The molecule has 0 aromatic carbocycles. The molecule has 10 nitrogen and oxygen atoms in total. The van der Waals surface area contributed by atoms with Gasteiger partial charge < -0.3 is 24.6 Å². The lowest BCUT2D eigenvalue weighted by atomic mass is 10.1. The van der Waals surface area contributed by atoms with Gasteiger partial charge in [0.1, 0.15) is 12.7 Å². The van der Waals surface area contributed by atoms with Crippen LogP contribution in [0.2, 0.25) is 0 Å². The third kappa shape index (κ3) is 40.4. The number of ether oxygens (including phenoxy) is 2. The predicted molar refractivity (Wildman–Crippen MR) is 228 cm³/mol. The summed E-state index contributed by atoms with van der Waals surface area (Å²) in [6.45, 7) is 2.34. The van der Waals surface area contributed by atoms with Crippen molar-refractivity contribution in [2.24, 2.45) is 0 Å². The second-order valence-electron chi connectivity index (χ2n) is 15.1. The Labute approximate surface area is 341 Å². The summed E-state index contributed by atoms with van der Waals surface area (Å²) >= 11 is 0. The van der Waals surface area contributed by atoms with Gasteiger partial charge in [0.2, 0.25) is 0 Å². The van der Waals surface area contributed by atoms with Crippen LogP contribution in [0.3, 0.4) is 0 Å². The number of rotatable bonds is 42. The first-order chi connectivity index (χ1) is 27.2. The average Bonchev–Trinajstić information content (AvgIpc) is 3.19. The van der Waals surface area contributed by atoms with Gasteiger partial charge in [0.25, 0.3) is 0 Å². The van der Waals surface area contributed by atoms with Crippen LogP contribution in [-0.2, 0) is 32.7 Å². The van der Waals surface area contributed by atoms with E-state index in [4.69, 9.17) is 19.1 Å². The van der Waals surface area contributed by atoms with Crippen molar-refractivity contribution in [2.75, 3.05) is 26.4 Å². The van der Waals surface area contributed by atoms with Gasteiger partial charge in [-0.3, -0.25) is 18.6 Å². The molecular formula is C45H83O10P. The second-order valence-corrected chi connectivity index (χ2v) is 16.5. The molecule has 0 bridgehead atoms. The quantitative estimate of drug-likeness (QED) is 0.0235. The van der Waals surface area contributed by atoms with Gasteiger partial charge in [0, 0.05) is 12.8 Å². The summed E-state index contributed by atoms with van der Waals surface area (Å²) in [5, 5.41) is 18.3. The fourth-order valence-corrected chi connectivity index (χ4v) is 6.81. The average molecular weight is 815 g/mol. The molecule has 0 heterocycles. The molecule has 0 aliphatic carbocycles. The van der Waals surface area contributed by atoms with E-state index in [1.807, 2.05) is 0 Å². The molecule has 0 aliphatic heterocycles. The monoisotopic (exact) mass is 815 g/mol. The van der Waals surface area contributed by atoms with E-state index in [9.17, 15) is 24.2 Å². The van der Waals surface area contributed by atoms with E-state index in [2.05, 4.69) is 54.8 Å². The minimum atomic E-state index is -4.62. The molecule has 0 saturated carbocycles. The Kier molecular flexibility index (Phi) is 40.0. The molecule has 0 fully saturated rings. The van der Waals surface area contributed by atoms with Gasteiger partial charge in [-0.15, -0.1) is 0 Å². The van der Waals surface area contributed by atoms with Crippen molar-refractivity contribution < 1.29 is 47.8 Å². The van der Waals surface area contributed by atoms with Gasteiger partial charge in [-0.05, 0) is 70.6 Å². The van der Waals surface area contributed by atoms with Crippen molar-refractivity contribution in [1.82, 2.24) is 0 Å². The minimum Gasteiger partial charge on any atom is -0.462 e. The zero-order valence-corrected chi connectivity index (χ0v) is 36.5. The Morgan fingerprint density at radius 2 is 0.929 bits per heavy atom. The van der Waals surface area contributed by atoms with Crippen molar-refractivity contribution in [2.45, 2.75) is 212 Å². The zero-order chi connectivity index (χ0) is 41.2. The smallest absolute Gasteiger partial charge is 0.462 e. The summed E-state index contributed by atoms with van der Waals surface area (Å²) in [5.41, 5.74) is 0. The highest BCUT2D eigenvalue weighted by atomic mass is 31.2. The molecule has 0 saturated heterocycles. The topological polar surface area (TPSA) is 149 Å². The third-order valence-corrected chi connectivity index (χ3v) is 10.5. The Bertz CT molecular complexity index is 1030. The van der Waals surface area contributed by atoms with Gasteiger partial charge in [-0.1, -0.05) is 153 Å². The molecule has 0 rings (SSSR count). The van der Waals surface area contributed by atoms with Crippen LogP contribution < -0.4 is 0 Å². The molecule has 328 valence electrons. The lowest BCUT2D eigenvalue weighted by Gasteiger charge is -2.20. The number of hydrogen-bond acceptors (Lipinski definition) is 9. The standard InChI is InChI=1S/C45H83O10P/c1-3-5-7-9-11-13-15-17-18-19-20-21-22-23-24-25-27-29-31-33-35-37-45(49)55-43(41-54-56(50,51)53-39-42(47)38-46)40-52-44(48)36-34-32-30-28-26-16-14-12-10-8-6-4-2/h12,14-15,17,19-20,42-43,46-47H,3-11,13,16,18,21-41H2,1-2H3,(H,50,51)/b14-12-,17-15-,20-19-. The first-order valence-corrected chi connectivity index (χ1v) is 23.9. The lowest BCUT2D eigenvalue weighted by molar-refractivity contribution is -0.161. The number of unbranched alkanes of at least 4 members (excludes halogenated alkanes) is 22. The van der Waals surface area contributed by atoms with E-state index in [0.717, 1.165) is 70.6 Å². The highest BCUT2D eigenvalue weighted by molar-refractivity contribution is 7.47. The van der Waals surface area contributed by atoms with Crippen molar-refractivity contribution in [3.8, 4) is 0 Å². The van der Waals surface area contributed by atoms with Crippen molar-refractivity contribution in [1.29, 1.82) is 0 Å². The Balaban J connectivity index is 4.24. The summed E-state index contributed by atoms with van der Waals surface area (Å²) < 4.78 is 32.7. The van der Waals surface area contributed by atoms with E-state index >= 15 is 0 Å². The minimum absolute atomic E-state index is 0.178. The number of aliphatic hydroxyl groups excluding tert-OH is 2. The molecule has 3 N–H and O–H groups in total. The summed E-state index contributed by atoms with van der Waals surface area (Å²) in [4.78, 5) is 35.0. The van der Waals surface area contributed by atoms with E-state index in [0.29, 0.717) is 12.8 Å². The largest absolute Gasteiger partial charge is 0.472 e. The molecule has 3 unspecified atom stereocenters. The van der Waals surface area contributed by atoms with Gasteiger partial charge in [-0.2, -0.15) is 0 Å². The van der Waals surface area contributed by atoms with E-state index < -0.39 is 51.8 Å². The summed E-state index contributed by atoms with van der Waals surface area (Å²) in [6.07, 6.45) is 42.5. The maximum Gasteiger partial charge on any atom is 0.472 e. The fourth-order valence-electron chi connectivity index (χ4n) is 6.02. The normalized spacial score (nSPS) is 14.2. The summed E-state index contributed by atoms with van der Waals surface area (Å²) in [6, 6.07) is 0.